The van der Waals surface area contributed by atoms with Gasteiger partial charge in [-0.2, -0.15) is 0 Å². The second-order valence-corrected chi connectivity index (χ2v) is 7.92. The first-order chi connectivity index (χ1) is 12.1. The van der Waals surface area contributed by atoms with Crippen LogP contribution in [0.4, 0.5) is 10.5 Å². The van der Waals surface area contributed by atoms with Crippen molar-refractivity contribution in [2.45, 2.75) is 46.0 Å². The van der Waals surface area contributed by atoms with Gasteiger partial charge in [-0.05, 0) is 68.2 Å². The molecule has 138 valence electrons. The Hall–Kier alpha value is -1.55. The number of rotatable bonds is 4. The lowest BCUT2D eigenvalue weighted by atomic mass is 9.94. The van der Waals surface area contributed by atoms with Gasteiger partial charge in [0.05, 0.1) is 0 Å². The number of hydrogen-bond donors (Lipinski definition) is 1. The van der Waals surface area contributed by atoms with E-state index >= 15 is 0 Å². The molecule has 0 unspecified atom stereocenters. The van der Waals surface area contributed by atoms with Gasteiger partial charge in [0.1, 0.15) is 0 Å². The molecule has 0 aliphatic carbocycles. The number of nitrogens with zero attached hydrogens (tertiary/aromatic N) is 2. The van der Waals surface area contributed by atoms with Crippen LogP contribution in [0, 0.1) is 11.8 Å². The van der Waals surface area contributed by atoms with Crippen molar-refractivity contribution in [2.75, 3.05) is 38.0 Å². The van der Waals surface area contributed by atoms with E-state index in [1.54, 1.807) is 0 Å². The molecular weight excluding hydrogens is 310 g/mol. The zero-order valence-electron chi connectivity index (χ0n) is 15.8. The second kappa shape index (κ2) is 8.70. The van der Waals surface area contributed by atoms with Crippen LogP contribution in [-0.2, 0) is 6.42 Å². The maximum absolute atomic E-state index is 12.5. The Kier molecular flexibility index (Phi) is 6.35. The Morgan fingerprint density at radius 1 is 1.12 bits per heavy atom. The number of piperidine rings is 2. The Morgan fingerprint density at radius 2 is 1.84 bits per heavy atom. The van der Waals surface area contributed by atoms with Crippen LogP contribution in [0.3, 0.4) is 0 Å². The molecule has 2 saturated heterocycles. The number of urea groups is 1. The highest BCUT2D eigenvalue weighted by atomic mass is 16.2. The highest BCUT2D eigenvalue weighted by Gasteiger charge is 2.25. The Morgan fingerprint density at radius 3 is 2.48 bits per heavy atom. The summed E-state index contributed by atoms with van der Waals surface area (Å²) in [6.07, 6.45) is 6.02. The fraction of sp³-hybridized carbons (Fsp3) is 0.667. The summed E-state index contributed by atoms with van der Waals surface area (Å²) in [6.45, 7) is 10.0. The highest BCUT2D eigenvalue weighted by Crippen LogP contribution is 2.23. The molecule has 2 heterocycles. The van der Waals surface area contributed by atoms with E-state index in [0.717, 1.165) is 49.9 Å². The van der Waals surface area contributed by atoms with Crippen molar-refractivity contribution in [3.05, 3.63) is 29.8 Å². The van der Waals surface area contributed by atoms with Gasteiger partial charge in [-0.3, -0.25) is 0 Å². The lowest BCUT2D eigenvalue weighted by molar-refractivity contribution is 0.125. The fourth-order valence-corrected chi connectivity index (χ4v) is 4.16. The molecule has 2 aliphatic heterocycles. The van der Waals surface area contributed by atoms with Gasteiger partial charge in [-0.1, -0.05) is 26.0 Å². The van der Waals surface area contributed by atoms with Gasteiger partial charge >= 0.3 is 6.03 Å². The van der Waals surface area contributed by atoms with E-state index in [1.165, 1.54) is 38.0 Å². The summed E-state index contributed by atoms with van der Waals surface area (Å²) >= 11 is 0. The minimum absolute atomic E-state index is 0.0503. The minimum Gasteiger partial charge on any atom is -0.325 e. The highest BCUT2D eigenvalue weighted by molar-refractivity contribution is 5.89. The molecule has 1 N–H and O–H groups in total. The molecule has 1 aromatic rings. The summed E-state index contributed by atoms with van der Waals surface area (Å²) in [5.41, 5.74) is 2.19. The molecule has 0 radical (unpaired) electrons. The number of hydrogen-bond acceptors (Lipinski definition) is 2. The molecule has 1 aromatic carbocycles. The molecule has 0 saturated carbocycles. The van der Waals surface area contributed by atoms with Gasteiger partial charge in [0.15, 0.2) is 0 Å². The number of carbonyl (C=O) groups excluding carboxylic acids is 1. The van der Waals surface area contributed by atoms with Crippen molar-refractivity contribution >= 4 is 11.7 Å². The van der Waals surface area contributed by atoms with Gasteiger partial charge in [0.25, 0.3) is 0 Å². The summed E-state index contributed by atoms with van der Waals surface area (Å²) in [7, 11) is 0. The molecule has 2 aliphatic rings. The van der Waals surface area contributed by atoms with Gasteiger partial charge in [-0.15, -0.1) is 0 Å². The lowest BCUT2D eigenvalue weighted by Gasteiger charge is -2.37. The summed E-state index contributed by atoms with van der Waals surface area (Å²) < 4.78 is 0. The van der Waals surface area contributed by atoms with E-state index in [9.17, 15) is 4.79 Å². The second-order valence-electron chi connectivity index (χ2n) is 7.92. The van der Waals surface area contributed by atoms with Crippen molar-refractivity contribution in [1.82, 2.24) is 9.80 Å². The van der Waals surface area contributed by atoms with E-state index < -0.39 is 0 Å². The van der Waals surface area contributed by atoms with Gasteiger partial charge in [0, 0.05) is 31.9 Å². The third-order valence-corrected chi connectivity index (χ3v) is 5.77. The van der Waals surface area contributed by atoms with Gasteiger partial charge < -0.3 is 15.1 Å². The molecule has 2 fully saturated rings. The minimum atomic E-state index is 0.0503. The maximum atomic E-state index is 12.5. The quantitative estimate of drug-likeness (QED) is 0.888. The molecule has 25 heavy (non-hydrogen) atoms. The first-order valence-electron chi connectivity index (χ1n) is 10.0. The molecule has 4 heteroatoms. The number of benzene rings is 1. The molecular formula is C21H33N3O. The van der Waals surface area contributed by atoms with Crippen molar-refractivity contribution in [3.8, 4) is 0 Å². The van der Waals surface area contributed by atoms with E-state index in [0.29, 0.717) is 0 Å². The molecule has 0 bridgehead atoms. The number of likely N-dealkylation sites (tertiary alicyclic amines) is 2. The van der Waals surface area contributed by atoms with E-state index in [-0.39, 0.29) is 6.03 Å². The summed E-state index contributed by atoms with van der Waals surface area (Å²) in [5, 5.41) is 3.04. The molecule has 2 amide bonds. The van der Waals surface area contributed by atoms with Crippen LogP contribution in [0.5, 0.6) is 0 Å². The molecule has 0 spiro atoms. The van der Waals surface area contributed by atoms with E-state index in [2.05, 4.69) is 36.2 Å². The topological polar surface area (TPSA) is 35.6 Å². The zero-order valence-corrected chi connectivity index (χ0v) is 15.8. The monoisotopic (exact) mass is 343 g/mol. The Labute approximate surface area is 152 Å². The average molecular weight is 344 g/mol. The predicted octanol–water partition coefficient (Wildman–Crippen LogP) is 4.22. The van der Waals surface area contributed by atoms with Crippen molar-refractivity contribution in [1.29, 1.82) is 0 Å². The van der Waals surface area contributed by atoms with Crippen molar-refractivity contribution in [3.63, 3.8) is 0 Å². The lowest BCUT2D eigenvalue weighted by Crippen LogP contribution is -2.44. The molecule has 0 aromatic heterocycles. The number of amides is 2. The largest absolute Gasteiger partial charge is 0.325 e. The smallest absolute Gasteiger partial charge is 0.321 e. The van der Waals surface area contributed by atoms with Crippen LogP contribution >= 0.6 is 0 Å². The van der Waals surface area contributed by atoms with E-state index in [1.807, 2.05) is 17.0 Å². The number of carbonyl (C=O) groups is 1. The van der Waals surface area contributed by atoms with Crippen LogP contribution in [0.2, 0.25) is 0 Å². The maximum Gasteiger partial charge on any atom is 0.321 e. The zero-order chi connectivity index (χ0) is 17.6. The standard InChI is InChI=1S/C21H33N3O/c1-3-18-6-8-20(9-7-18)22-21(25)24-13-10-19(11-14-24)16-23-12-4-5-17(2)15-23/h6-9,17,19H,3-5,10-16H2,1-2H3,(H,22,25)/t17-/m0/s1. The SMILES string of the molecule is CCc1ccc(NC(=O)N2CCC(CN3CCC[C@H](C)C3)CC2)cc1. The summed E-state index contributed by atoms with van der Waals surface area (Å²) in [5.74, 6) is 1.59. The summed E-state index contributed by atoms with van der Waals surface area (Å²) in [4.78, 5) is 17.1. The van der Waals surface area contributed by atoms with Crippen LogP contribution in [0.1, 0.15) is 45.1 Å². The molecule has 3 rings (SSSR count). The van der Waals surface area contributed by atoms with Gasteiger partial charge in [0.2, 0.25) is 0 Å². The van der Waals surface area contributed by atoms with Crippen molar-refractivity contribution in [2.24, 2.45) is 11.8 Å². The number of anilines is 1. The fourth-order valence-electron chi connectivity index (χ4n) is 4.16. The third-order valence-electron chi connectivity index (χ3n) is 5.77. The third kappa shape index (κ3) is 5.21. The number of nitrogens with one attached hydrogen (secondary N) is 1. The first kappa shape index (κ1) is 18.2. The average Bonchev–Trinajstić information content (AvgIpc) is 2.63. The van der Waals surface area contributed by atoms with Crippen LogP contribution in [0.25, 0.3) is 0 Å². The van der Waals surface area contributed by atoms with Crippen molar-refractivity contribution < 1.29 is 4.79 Å². The van der Waals surface area contributed by atoms with Gasteiger partial charge in [-0.25, -0.2) is 4.79 Å². The number of aryl methyl sites for hydroxylation is 1. The summed E-state index contributed by atoms with van der Waals surface area (Å²) in [6, 6.07) is 8.22. The Balaban J connectivity index is 1.42. The first-order valence-corrected chi connectivity index (χ1v) is 10.0. The normalized spacial score (nSPS) is 22.8. The predicted molar refractivity (Wildman–Crippen MR) is 104 cm³/mol. The molecule has 1 atom stereocenters. The van der Waals surface area contributed by atoms with Crippen LogP contribution in [-0.4, -0.2) is 48.6 Å². The Bertz CT molecular complexity index is 549. The van der Waals surface area contributed by atoms with Crippen LogP contribution < -0.4 is 5.32 Å². The van der Waals surface area contributed by atoms with E-state index in [4.69, 9.17) is 0 Å². The van der Waals surface area contributed by atoms with Crippen LogP contribution in [0.15, 0.2) is 24.3 Å². The molecule has 4 nitrogen and oxygen atoms in total.